The molecule has 0 radical (unpaired) electrons. The molecular weight excluding hydrogens is 232 g/mol. The van der Waals surface area contributed by atoms with Gasteiger partial charge in [0.15, 0.2) is 0 Å². The first-order chi connectivity index (χ1) is 8.34. The molecule has 0 saturated carbocycles. The zero-order valence-corrected chi connectivity index (χ0v) is 10.6. The molecule has 2 aromatic heterocycles. The predicted molar refractivity (Wildman–Crippen MR) is 71.5 cm³/mol. The summed E-state index contributed by atoms with van der Waals surface area (Å²) in [6.07, 6.45) is 4.06. The average molecular weight is 248 g/mol. The molecule has 3 heterocycles. The van der Waals surface area contributed by atoms with Gasteiger partial charge in [0.25, 0.3) is 0 Å². The van der Waals surface area contributed by atoms with E-state index >= 15 is 0 Å². The molecule has 1 saturated heterocycles. The van der Waals surface area contributed by atoms with Gasteiger partial charge in [0, 0.05) is 12.1 Å². The number of rotatable bonds is 2. The SMILES string of the molecule is CC1NCCCC1Nc1ncnc2ccsc12. The number of thiophene rings is 1. The lowest BCUT2D eigenvalue weighted by molar-refractivity contribution is 0.389. The highest BCUT2D eigenvalue weighted by Gasteiger charge is 2.21. The van der Waals surface area contributed by atoms with Crippen LogP contribution in [0, 0.1) is 0 Å². The van der Waals surface area contributed by atoms with E-state index in [1.54, 1.807) is 17.7 Å². The molecular formula is C12H16N4S. The lowest BCUT2D eigenvalue weighted by Crippen LogP contribution is -2.46. The first-order valence-electron chi connectivity index (χ1n) is 6.03. The molecule has 2 N–H and O–H groups in total. The molecule has 5 heteroatoms. The fourth-order valence-electron chi connectivity index (χ4n) is 2.31. The van der Waals surface area contributed by atoms with Gasteiger partial charge in [-0.3, -0.25) is 0 Å². The van der Waals surface area contributed by atoms with Crippen molar-refractivity contribution in [2.75, 3.05) is 11.9 Å². The van der Waals surface area contributed by atoms with Gasteiger partial charge in [-0.25, -0.2) is 9.97 Å². The standard InChI is InChI=1S/C12H16N4S/c1-8-9(3-2-5-13-8)16-12-11-10(4-6-17-11)14-7-15-12/h4,6-9,13H,2-3,5H2,1H3,(H,14,15,16). The van der Waals surface area contributed by atoms with Crippen LogP contribution in [0.15, 0.2) is 17.8 Å². The van der Waals surface area contributed by atoms with Crippen molar-refractivity contribution in [3.05, 3.63) is 17.8 Å². The molecule has 3 rings (SSSR count). The summed E-state index contributed by atoms with van der Waals surface area (Å²) >= 11 is 1.70. The monoisotopic (exact) mass is 248 g/mol. The molecule has 1 fully saturated rings. The van der Waals surface area contributed by atoms with Crippen LogP contribution in [0.2, 0.25) is 0 Å². The zero-order chi connectivity index (χ0) is 11.7. The van der Waals surface area contributed by atoms with Crippen molar-refractivity contribution in [2.45, 2.75) is 31.8 Å². The molecule has 2 unspecified atom stereocenters. The summed E-state index contributed by atoms with van der Waals surface area (Å²) in [7, 11) is 0. The van der Waals surface area contributed by atoms with E-state index in [-0.39, 0.29) is 0 Å². The second-order valence-electron chi connectivity index (χ2n) is 4.49. The van der Waals surface area contributed by atoms with Gasteiger partial charge in [0.1, 0.15) is 12.1 Å². The molecule has 1 aliphatic heterocycles. The van der Waals surface area contributed by atoms with Crippen molar-refractivity contribution in [3.8, 4) is 0 Å². The average Bonchev–Trinajstić information content (AvgIpc) is 2.81. The molecule has 0 bridgehead atoms. The summed E-state index contributed by atoms with van der Waals surface area (Å²) in [4.78, 5) is 8.63. The third-order valence-corrected chi connectivity index (χ3v) is 4.24. The molecule has 0 aromatic carbocycles. The number of anilines is 1. The van der Waals surface area contributed by atoms with Gasteiger partial charge in [0.05, 0.1) is 10.2 Å². The molecule has 0 amide bonds. The predicted octanol–water partition coefficient (Wildman–Crippen LogP) is 2.24. The number of fused-ring (bicyclic) bond motifs is 1. The lowest BCUT2D eigenvalue weighted by atomic mass is 10.00. The Morgan fingerprint density at radius 3 is 3.29 bits per heavy atom. The van der Waals surface area contributed by atoms with Crippen molar-refractivity contribution in [2.24, 2.45) is 0 Å². The van der Waals surface area contributed by atoms with E-state index < -0.39 is 0 Å². The van der Waals surface area contributed by atoms with E-state index in [0.717, 1.165) is 22.6 Å². The first-order valence-corrected chi connectivity index (χ1v) is 6.90. The normalized spacial score (nSPS) is 25.0. The Kier molecular flexibility index (Phi) is 2.94. The van der Waals surface area contributed by atoms with Gasteiger partial charge in [-0.15, -0.1) is 11.3 Å². The first kappa shape index (κ1) is 10.9. The molecule has 2 atom stereocenters. The number of hydrogen-bond donors (Lipinski definition) is 2. The van der Waals surface area contributed by atoms with E-state index in [2.05, 4.69) is 32.9 Å². The van der Waals surface area contributed by atoms with Crippen molar-refractivity contribution >= 4 is 27.4 Å². The molecule has 0 aliphatic carbocycles. The molecule has 17 heavy (non-hydrogen) atoms. The molecule has 0 spiro atoms. The summed E-state index contributed by atoms with van der Waals surface area (Å²) in [5, 5.41) is 9.11. The Morgan fingerprint density at radius 2 is 2.41 bits per heavy atom. The Labute approximate surface area is 104 Å². The van der Waals surface area contributed by atoms with Crippen LogP contribution < -0.4 is 10.6 Å². The highest BCUT2D eigenvalue weighted by molar-refractivity contribution is 7.17. The summed E-state index contributed by atoms with van der Waals surface area (Å²) in [6, 6.07) is 2.99. The van der Waals surface area contributed by atoms with Crippen molar-refractivity contribution < 1.29 is 0 Å². The van der Waals surface area contributed by atoms with Gasteiger partial charge >= 0.3 is 0 Å². The highest BCUT2D eigenvalue weighted by Crippen LogP contribution is 2.26. The van der Waals surface area contributed by atoms with Crippen molar-refractivity contribution in [1.82, 2.24) is 15.3 Å². The molecule has 90 valence electrons. The quantitative estimate of drug-likeness (QED) is 0.856. The van der Waals surface area contributed by atoms with Crippen molar-refractivity contribution in [3.63, 3.8) is 0 Å². The highest BCUT2D eigenvalue weighted by atomic mass is 32.1. The van der Waals surface area contributed by atoms with Gasteiger partial charge in [0.2, 0.25) is 0 Å². The number of aromatic nitrogens is 2. The van der Waals surface area contributed by atoms with Crippen LogP contribution in [0.4, 0.5) is 5.82 Å². The van der Waals surface area contributed by atoms with Gasteiger partial charge in [-0.1, -0.05) is 0 Å². The fraction of sp³-hybridized carbons (Fsp3) is 0.500. The maximum absolute atomic E-state index is 4.37. The van der Waals surface area contributed by atoms with Crippen LogP contribution >= 0.6 is 11.3 Å². The topological polar surface area (TPSA) is 49.8 Å². The number of nitrogens with zero attached hydrogens (tertiary/aromatic N) is 2. The van der Waals surface area contributed by atoms with Gasteiger partial charge in [-0.05, 0) is 37.8 Å². The summed E-state index contributed by atoms with van der Waals surface area (Å²) in [5.74, 6) is 0.977. The van der Waals surface area contributed by atoms with E-state index in [4.69, 9.17) is 0 Å². The van der Waals surface area contributed by atoms with E-state index in [0.29, 0.717) is 12.1 Å². The number of piperidine rings is 1. The molecule has 1 aliphatic rings. The Hall–Kier alpha value is -1.20. The van der Waals surface area contributed by atoms with Crippen LogP contribution in [-0.4, -0.2) is 28.6 Å². The largest absolute Gasteiger partial charge is 0.364 e. The smallest absolute Gasteiger partial charge is 0.147 e. The molecule has 2 aromatic rings. The summed E-state index contributed by atoms with van der Waals surface area (Å²) in [6.45, 7) is 3.35. The minimum atomic E-state index is 0.462. The zero-order valence-electron chi connectivity index (χ0n) is 9.81. The van der Waals surface area contributed by atoms with Crippen molar-refractivity contribution in [1.29, 1.82) is 0 Å². The summed E-state index contributed by atoms with van der Waals surface area (Å²) in [5.41, 5.74) is 1.03. The van der Waals surface area contributed by atoms with Gasteiger partial charge in [-0.2, -0.15) is 0 Å². The van der Waals surface area contributed by atoms with Crippen LogP contribution in [-0.2, 0) is 0 Å². The maximum atomic E-state index is 4.37. The fourth-order valence-corrected chi connectivity index (χ4v) is 3.11. The Balaban J connectivity index is 1.86. The Bertz CT molecular complexity index is 510. The minimum Gasteiger partial charge on any atom is -0.364 e. The lowest BCUT2D eigenvalue weighted by Gasteiger charge is -2.31. The second-order valence-corrected chi connectivity index (χ2v) is 5.41. The summed E-state index contributed by atoms with van der Waals surface area (Å²) < 4.78 is 1.16. The Morgan fingerprint density at radius 1 is 1.47 bits per heavy atom. The number of nitrogens with one attached hydrogen (secondary N) is 2. The second kappa shape index (κ2) is 4.58. The maximum Gasteiger partial charge on any atom is 0.147 e. The number of hydrogen-bond acceptors (Lipinski definition) is 5. The van der Waals surface area contributed by atoms with Crippen LogP contribution in [0.25, 0.3) is 10.2 Å². The van der Waals surface area contributed by atoms with Gasteiger partial charge < -0.3 is 10.6 Å². The van der Waals surface area contributed by atoms with E-state index in [1.165, 1.54) is 12.8 Å². The van der Waals surface area contributed by atoms with Crippen LogP contribution in [0.3, 0.4) is 0 Å². The third-order valence-electron chi connectivity index (χ3n) is 3.33. The third kappa shape index (κ3) is 2.12. The van der Waals surface area contributed by atoms with E-state index in [9.17, 15) is 0 Å². The van der Waals surface area contributed by atoms with Crippen LogP contribution in [0.5, 0.6) is 0 Å². The van der Waals surface area contributed by atoms with E-state index in [1.807, 2.05) is 6.07 Å². The van der Waals surface area contributed by atoms with Crippen LogP contribution in [0.1, 0.15) is 19.8 Å². The minimum absolute atomic E-state index is 0.462. The molecule has 4 nitrogen and oxygen atoms in total.